The van der Waals surface area contributed by atoms with Crippen LogP contribution in [0.15, 0.2) is 36.4 Å². The average molecular weight is 613 g/mol. The molecular weight excluding hydrogens is 577 g/mol. The number of rotatable bonds is 12. The van der Waals surface area contributed by atoms with Gasteiger partial charge in [0.05, 0.1) is 22.0 Å². The third-order valence-corrected chi connectivity index (χ3v) is 9.15. The summed E-state index contributed by atoms with van der Waals surface area (Å²) in [6.45, 7) is 2.20. The number of fused-ring (bicyclic) bond motifs is 1. The summed E-state index contributed by atoms with van der Waals surface area (Å²) >= 11 is 12.3. The average Bonchev–Trinajstić information content (AvgIpc) is 3.59. The Hall–Kier alpha value is -2.69. The van der Waals surface area contributed by atoms with E-state index < -0.39 is 16.1 Å². The summed E-state index contributed by atoms with van der Waals surface area (Å²) in [6, 6.07) is 9.50. The van der Waals surface area contributed by atoms with Crippen LogP contribution in [0, 0.1) is 0 Å². The second kappa shape index (κ2) is 13.3. The minimum atomic E-state index is -3.64. The van der Waals surface area contributed by atoms with Crippen molar-refractivity contribution >= 4 is 50.7 Å². The van der Waals surface area contributed by atoms with Crippen molar-refractivity contribution in [2.24, 2.45) is 0 Å². The summed E-state index contributed by atoms with van der Waals surface area (Å²) in [6.07, 6.45) is 5.87. The zero-order valence-corrected chi connectivity index (χ0v) is 25.0. The molecule has 2 aromatic rings. The van der Waals surface area contributed by atoms with Gasteiger partial charge in [0.1, 0.15) is 6.04 Å². The molecule has 0 bridgehead atoms. The van der Waals surface area contributed by atoms with Crippen molar-refractivity contribution in [1.82, 2.24) is 10.2 Å². The van der Waals surface area contributed by atoms with Crippen LogP contribution in [0.25, 0.3) is 0 Å². The molecule has 2 aromatic carbocycles. The minimum absolute atomic E-state index is 0.0467. The van der Waals surface area contributed by atoms with Crippen molar-refractivity contribution in [2.45, 2.75) is 70.5 Å². The molecule has 0 spiro atoms. The summed E-state index contributed by atoms with van der Waals surface area (Å²) in [4.78, 5) is 28.5. The highest BCUT2D eigenvalue weighted by molar-refractivity contribution is 7.92. The lowest BCUT2D eigenvalue weighted by Gasteiger charge is -2.32. The first-order chi connectivity index (χ1) is 19.1. The first kappa shape index (κ1) is 30.3. The molecule has 1 aliphatic heterocycles. The highest BCUT2D eigenvalue weighted by atomic mass is 35.5. The third-order valence-electron chi connectivity index (χ3n) is 7.22. The van der Waals surface area contributed by atoms with Gasteiger partial charge in [-0.25, -0.2) is 8.42 Å². The Bertz CT molecular complexity index is 1330. The van der Waals surface area contributed by atoms with Crippen molar-refractivity contribution in [2.75, 3.05) is 23.9 Å². The molecule has 2 amide bonds. The molecule has 1 aliphatic carbocycles. The summed E-state index contributed by atoms with van der Waals surface area (Å²) in [5.74, 6) is 0.584. The topological polar surface area (TPSA) is 105 Å². The first-order valence-electron chi connectivity index (χ1n) is 13.5. The maximum absolute atomic E-state index is 13.6. The summed E-state index contributed by atoms with van der Waals surface area (Å²) in [7, 11) is -3.64. The van der Waals surface area contributed by atoms with Crippen molar-refractivity contribution in [3.05, 3.63) is 52.0 Å². The van der Waals surface area contributed by atoms with E-state index in [0.717, 1.165) is 37.5 Å². The van der Waals surface area contributed by atoms with E-state index in [4.69, 9.17) is 32.7 Å². The van der Waals surface area contributed by atoms with Gasteiger partial charge < -0.3 is 19.7 Å². The molecule has 0 aromatic heterocycles. The van der Waals surface area contributed by atoms with E-state index in [-0.39, 0.29) is 50.6 Å². The Balaban J connectivity index is 1.49. The van der Waals surface area contributed by atoms with Gasteiger partial charge in [0, 0.05) is 31.6 Å². The first-order valence-corrected chi connectivity index (χ1v) is 16.1. The van der Waals surface area contributed by atoms with Crippen LogP contribution in [0.1, 0.15) is 57.4 Å². The fourth-order valence-corrected chi connectivity index (χ4v) is 6.44. The van der Waals surface area contributed by atoms with Crippen LogP contribution in [-0.4, -0.2) is 56.8 Å². The molecular formula is C28H35Cl2N3O6S. The second-order valence-electron chi connectivity index (χ2n) is 10.2. The van der Waals surface area contributed by atoms with Crippen molar-refractivity contribution in [3.63, 3.8) is 0 Å². The summed E-state index contributed by atoms with van der Waals surface area (Å²) < 4.78 is 37.2. The molecule has 1 atom stereocenters. The molecule has 1 fully saturated rings. The molecule has 1 heterocycles. The van der Waals surface area contributed by atoms with Gasteiger partial charge in [-0.3, -0.25) is 13.9 Å². The quantitative estimate of drug-likeness (QED) is 0.356. The summed E-state index contributed by atoms with van der Waals surface area (Å²) in [5.41, 5.74) is 1.17. The molecule has 1 N–H and O–H groups in total. The zero-order chi connectivity index (χ0) is 28.9. The molecule has 1 unspecified atom stereocenters. The molecule has 0 radical (unpaired) electrons. The van der Waals surface area contributed by atoms with Crippen LogP contribution in [-0.2, 0) is 26.2 Å². The number of carbonyl (C=O) groups is 2. The van der Waals surface area contributed by atoms with Crippen LogP contribution in [0.2, 0.25) is 10.0 Å². The van der Waals surface area contributed by atoms with Crippen molar-refractivity contribution in [3.8, 4) is 11.5 Å². The fourth-order valence-electron chi connectivity index (χ4n) is 5.17. The molecule has 12 heteroatoms. The molecule has 1 saturated carbocycles. The second-order valence-corrected chi connectivity index (χ2v) is 12.9. The van der Waals surface area contributed by atoms with E-state index in [0.29, 0.717) is 33.7 Å². The van der Waals surface area contributed by atoms with E-state index in [1.165, 1.54) is 4.31 Å². The molecule has 9 nitrogen and oxygen atoms in total. The smallest absolute Gasteiger partial charge is 0.243 e. The van der Waals surface area contributed by atoms with Gasteiger partial charge in [-0.2, -0.15) is 0 Å². The minimum Gasteiger partial charge on any atom is -0.454 e. The standard InChI is InChI=1S/C28H35Cl2N3O6S/c1-3-24(28(35)31-20-7-4-5-8-20)32(17-19-10-12-22(29)23(30)15-19)27(34)9-6-14-33(40(2,36)37)21-11-13-25-26(16-21)39-18-38-25/h10-13,15-16,20,24H,3-9,14,17-18H2,1-2H3,(H,31,35). The van der Waals surface area contributed by atoms with Crippen LogP contribution in [0.4, 0.5) is 5.69 Å². The third kappa shape index (κ3) is 7.53. The largest absolute Gasteiger partial charge is 0.454 e. The van der Waals surface area contributed by atoms with E-state index in [9.17, 15) is 18.0 Å². The van der Waals surface area contributed by atoms with Gasteiger partial charge in [-0.15, -0.1) is 0 Å². The van der Waals surface area contributed by atoms with Crippen molar-refractivity contribution in [1.29, 1.82) is 0 Å². The predicted octanol–water partition coefficient (Wildman–Crippen LogP) is 5.13. The van der Waals surface area contributed by atoms with Gasteiger partial charge in [0.15, 0.2) is 11.5 Å². The Morgan fingerprint density at radius 3 is 2.45 bits per heavy atom. The number of hydrogen-bond acceptors (Lipinski definition) is 6. The lowest BCUT2D eigenvalue weighted by molar-refractivity contribution is -0.141. The van der Waals surface area contributed by atoms with E-state index in [1.807, 2.05) is 6.92 Å². The van der Waals surface area contributed by atoms with Gasteiger partial charge in [-0.1, -0.05) is 49.0 Å². The van der Waals surface area contributed by atoms with Gasteiger partial charge in [0.2, 0.25) is 28.6 Å². The number of anilines is 1. The highest BCUT2D eigenvalue weighted by Gasteiger charge is 2.31. The van der Waals surface area contributed by atoms with Crippen LogP contribution in [0.5, 0.6) is 11.5 Å². The molecule has 2 aliphatic rings. The number of ether oxygens (including phenoxy) is 2. The number of carbonyl (C=O) groups excluding carboxylic acids is 2. The molecule has 218 valence electrons. The maximum atomic E-state index is 13.6. The Kier molecular flexibility index (Phi) is 10.1. The van der Waals surface area contributed by atoms with E-state index in [1.54, 1.807) is 41.3 Å². The van der Waals surface area contributed by atoms with Gasteiger partial charge >= 0.3 is 0 Å². The van der Waals surface area contributed by atoms with E-state index in [2.05, 4.69) is 5.32 Å². The number of amides is 2. The van der Waals surface area contributed by atoms with Crippen molar-refractivity contribution < 1.29 is 27.5 Å². The molecule has 4 rings (SSSR count). The SMILES string of the molecule is CCC(C(=O)NC1CCCC1)N(Cc1ccc(Cl)c(Cl)c1)C(=O)CCCN(c1ccc2c(c1)OCO2)S(C)(=O)=O. The number of hydrogen-bond donors (Lipinski definition) is 1. The predicted molar refractivity (Wildman–Crippen MR) is 155 cm³/mol. The van der Waals surface area contributed by atoms with Gasteiger partial charge in [0.25, 0.3) is 0 Å². The van der Waals surface area contributed by atoms with Crippen LogP contribution >= 0.6 is 23.2 Å². The fraction of sp³-hybridized carbons (Fsp3) is 0.500. The van der Waals surface area contributed by atoms with E-state index >= 15 is 0 Å². The molecule has 0 saturated heterocycles. The Morgan fingerprint density at radius 1 is 1.05 bits per heavy atom. The number of nitrogens with one attached hydrogen (secondary N) is 1. The Labute approximate surface area is 245 Å². The van der Waals surface area contributed by atoms with Crippen LogP contribution < -0.4 is 19.1 Å². The number of nitrogens with zero attached hydrogens (tertiary/aromatic N) is 2. The number of benzene rings is 2. The zero-order valence-electron chi connectivity index (χ0n) is 22.7. The van der Waals surface area contributed by atoms with Crippen LogP contribution in [0.3, 0.4) is 0 Å². The summed E-state index contributed by atoms with van der Waals surface area (Å²) in [5, 5.41) is 3.88. The Morgan fingerprint density at radius 2 is 1.77 bits per heavy atom. The normalized spacial score (nSPS) is 15.6. The maximum Gasteiger partial charge on any atom is 0.243 e. The van der Waals surface area contributed by atoms with Gasteiger partial charge in [-0.05, 0) is 55.5 Å². The monoisotopic (exact) mass is 611 g/mol. The highest BCUT2D eigenvalue weighted by Crippen LogP contribution is 2.36. The number of sulfonamides is 1. The molecule has 40 heavy (non-hydrogen) atoms. The lowest BCUT2D eigenvalue weighted by atomic mass is 10.1. The number of halogens is 2. The lowest BCUT2D eigenvalue weighted by Crippen LogP contribution is -2.51.